The first-order valence-electron chi connectivity index (χ1n) is 7.00. The van der Waals surface area contributed by atoms with Crippen LogP contribution in [0.15, 0.2) is 47.4 Å². The molecule has 0 atom stereocenters. The van der Waals surface area contributed by atoms with Crippen LogP contribution in [-0.4, -0.2) is 35.4 Å². The maximum Gasteiger partial charge on any atom is 0.266 e. The monoisotopic (exact) mass is 345 g/mol. The van der Waals surface area contributed by atoms with Crippen LogP contribution in [0, 0.1) is 0 Å². The summed E-state index contributed by atoms with van der Waals surface area (Å²) >= 11 is 6.54. The summed E-state index contributed by atoms with van der Waals surface area (Å²) in [6.07, 6.45) is 5.51. The number of thioether (sulfide) groups is 1. The highest BCUT2D eigenvalue weighted by Gasteiger charge is 2.31. The molecule has 0 radical (unpaired) electrons. The number of amides is 1. The van der Waals surface area contributed by atoms with Crippen LogP contribution < -0.4 is 9.47 Å². The molecule has 6 heteroatoms. The molecule has 0 spiro atoms. The zero-order valence-corrected chi connectivity index (χ0v) is 14.2. The van der Waals surface area contributed by atoms with E-state index in [0.29, 0.717) is 28.1 Å². The molecule has 3 rings (SSSR count). The van der Waals surface area contributed by atoms with E-state index in [9.17, 15) is 4.79 Å². The van der Waals surface area contributed by atoms with Crippen molar-refractivity contribution in [2.45, 2.75) is 0 Å². The second-order valence-electron chi connectivity index (χ2n) is 4.97. The van der Waals surface area contributed by atoms with Gasteiger partial charge in [-0.25, -0.2) is 0 Å². The summed E-state index contributed by atoms with van der Waals surface area (Å²) in [5.41, 5.74) is 1.85. The molecule has 1 aromatic carbocycles. The molecular weight excluding hydrogens is 330 g/mol. The highest BCUT2D eigenvalue weighted by Crippen LogP contribution is 2.37. The van der Waals surface area contributed by atoms with Gasteiger partial charge in [-0.1, -0.05) is 42.2 Å². The van der Waals surface area contributed by atoms with Crippen molar-refractivity contribution in [3.8, 4) is 11.5 Å². The zero-order chi connectivity index (χ0) is 16.4. The zero-order valence-electron chi connectivity index (χ0n) is 12.6. The summed E-state index contributed by atoms with van der Waals surface area (Å²) in [5, 5.41) is 0. The summed E-state index contributed by atoms with van der Waals surface area (Å²) in [6.45, 7) is 4.47. The summed E-state index contributed by atoms with van der Waals surface area (Å²) < 4.78 is 11.6. The van der Waals surface area contributed by atoms with Crippen molar-refractivity contribution in [2.24, 2.45) is 0 Å². The molecule has 0 bridgehead atoms. The van der Waals surface area contributed by atoms with Crippen molar-refractivity contribution in [1.82, 2.24) is 4.90 Å². The van der Waals surface area contributed by atoms with Gasteiger partial charge in [0, 0.05) is 12.1 Å². The van der Waals surface area contributed by atoms with E-state index in [-0.39, 0.29) is 5.91 Å². The topological polar surface area (TPSA) is 38.8 Å². The van der Waals surface area contributed by atoms with Gasteiger partial charge in [0.15, 0.2) is 11.5 Å². The normalized spacial score (nSPS) is 18.6. The first-order valence-corrected chi connectivity index (χ1v) is 8.23. The fourth-order valence-electron chi connectivity index (χ4n) is 2.40. The number of benzene rings is 1. The Labute approximate surface area is 144 Å². The quantitative estimate of drug-likeness (QED) is 0.475. The fourth-order valence-corrected chi connectivity index (χ4v) is 3.69. The van der Waals surface area contributed by atoms with Gasteiger partial charge < -0.3 is 9.47 Å². The molecule has 0 aliphatic carbocycles. The van der Waals surface area contributed by atoms with Gasteiger partial charge in [-0.3, -0.25) is 9.69 Å². The van der Waals surface area contributed by atoms with Gasteiger partial charge in [0.05, 0.1) is 12.0 Å². The van der Waals surface area contributed by atoms with Gasteiger partial charge >= 0.3 is 0 Å². The Balaban J connectivity index is 1.89. The van der Waals surface area contributed by atoms with Gasteiger partial charge in [-0.05, 0) is 23.8 Å². The van der Waals surface area contributed by atoms with E-state index >= 15 is 0 Å². The van der Waals surface area contributed by atoms with E-state index in [0.717, 1.165) is 16.9 Å². The van der Waals surface area contributed by atoms with Crippen molar-refractivity contribution < 1.29 is 14.3 Å². The number of para-hydroxylation sites is 1. The number of fused-ring (bicyclic) bond motifs is 1. The number of nitrogens with zero attached hydrogens (tertiary/aromatic N) is 1. The average Bonchev–Trinajstić information content (AvgIpc) is 2.82. The number of hydrogen-bond donors (Lipinski definition) is 0. The van der Waals surface area contributed by atoms with Crippen LogP contribution in [0.5, 0.6) is 11.5 Å². The molecular formula is C17H15NO3S2. The van der Waals surface area contributed by atoms with Crippen LogP contribution in [0.1, 0.15) is 5.56 Å². The lowest BCUT2D eigenvalue weighted by molar-refractivity contribution is -0.121. The van der Waals surface area contributed by atoms with Gasteiger partial charge in [0.25, 0.3) is 5.91 Å². The van der Waals surface area contributed by atoms with Gasteiger partial charge in [-0.2, -0.15) is 0 Å². The molecule has 2 heterocycles. The Bertz CT molecular complexity index is 752. The number of methoxy groups -OCH3 is 1. The molecule has 0 unspecified atom stereocenters. The van der Waals surface area contributed by atoms with Crippen LogP contribution >= 0.6 is 24.0 Å². The largest absolute Gasteiger partial charge is 0.493 e. The van der Waals surface area contributed by atoms with Crippen LogP contribution in [0.4, 0.5) is 0 Å². The summed E-state index contributed by atoms with van der Waals surface area (Å²) in [7, 11) is 1.61. The molecule has 0 aromatic heterocycles. The smallest absolute Gasteiger partial charge is 0.266 e. The molecule has 1 aromatic rings. The standard InChI is InChI=1S/C17H15NO3S2/c1-3-7-18-16(19)14(23-17(18)22)9-11-8-12-5-4-6-13(20-2)15(12)21-10-11/h3-6,8-9H,1,7,10H2,2H3. The van der Waals surface area contributed by atoms with E-state index in [2.05, 4.69) is 6.58 Å². The van der Waals surface area contributed by atoms with Crippen LogP contribution in [0.25, 0.3) is 6.08 Å². The van der Waals surface area contributed by atoms with Crippen LogP contribution in [0.3, 0.4) is 0 Å². The van der Waals surface area contributed by atoms with Gasteiger partial charge in [0.1, 0.15) is 10.9 Å². The van der Waals surface area contributed by atoms with Crippen molar-refractivity contribution >= 4 is 40.3 Å². The first-order chi connectivity index (χ1) is 11.1. The number of thiocarbonyl (C=S) groups is 1. The molecule has 2 aliphatic heterocycles. The average molecular weight is 345 g/mol. The second-order valence-corrected chi connectivity index (χ2v) is 6.64. The fraction of sp³-hybridized carbons (Fsp3) is 0.176. The predicted molar refractivity (Wildman–Crippen MR) is 96.6 cm³/mol. The number of hydrogen-bond acceptors (Lipinski definition) is 5. The molecule has 0 N–H and O–H groups in total. The van der Waals surface area contributed by atoms with Crippen LogP contribution in [0.2, 0.25) is 0 Å². The van der Waals surface area contributed by atoms with Gasteiger partial charge in [0.2, 0.25) is 0 Å². The summed E-state index contributed by atoms with van der Waals surface area (Å²) in [4.78, 5) is 14.5. The molecule has 2 aliphatic rings. The van der Waals surface area contributed by atoms with Gasteiger partial charge in [-0.15, -0.1) is 6.58 Å². The number of rotatable bonds is 4. The maximum absolute atomic E-state index is 12.3. The highest BCUT2D eigenvalue weighted by atomic mass is 32.2. The minimum Gasteiger partial charge on any atom is -0.493 e. The minimum absolute atomic E-state index is 0.0859. The van der Waals surface area contributed by atoms with E-state index in [1.54, 1.807) is 18.1 Å². The van der Waals surface area contributed by atoms with Crippen molar-refractivity contribution in [3.63, 3.8) is 0 Å². The molecule has 118 valence electrons. The lowest BCUT2D eigenvalue weighted by Gasteiger charge is -2.18. The molecule has 1 amide bonds. The van der Waals surface area contributed by atoms with E-state index < -0.39 is 0 Å². The Kier molecular flexibility index (Phi) is 4.54. The lowest BCUT2D eigenvalue weighted by atomic mass is 10.1. The first kappa shape index (κ1) is 15.8. The number of carbonyl (C=O) groups is 1. The van der Waals surface area contributed by atoms with Crippen molar-refractivity contribution in [1.29, 1.82) is 0 Å². The second kappa shape index (κ2) is 6.60. The van der Waals surface area contributed by atoms with Crippen LogP contribution in [-0.2, 0) is 4.79 Å². The Morgan fingerprint density at radius 1 is 1.52 bits per heavy atom. The number of carbonyl (C=O) groups excluding carboxylic acids is 1. The highest BCUT2D eigenvalue weighted by molar-refractivity contribution is 8.26. The van der Waals surface area contributed by atoms with E-state index in [1.807, 2.05) is 30.4 Å². The van der Waals surface area contributed by atoms with E-state index in [1.165, 1.54) is 11.8 Å². The summed E-state index contributed by atoms with van der Waals surface area (Å²) in [6, 6.07) is 5.72. The third-order valence-electron chi connectivity index (χ3n) is 3.46. The van der Waals surface area contributed by atoms with Crippen molar-refractivity contribution in [3.05, 3.63) is 53.0 Å². The Hall–Kier alpha value is -2.05. The van der Waals surface area contributed by atoms with Crippen molar-refractivity contribution in [2.75, 3.05) is 20.3 Å². The number of ether oxygens (including phenoxy) is 2. The summed E-state index contributed by atoms with van der Waals surface area (Å²) in [5.74, 6) is 1.35. The molecule has 23 heavy (non-hydrogen) atoms. The molecule has 1 saturated heterocycles. The third-order valence-corrected chi connectivity index (χ3v) is 4.83. The lowest BCUT2D eigenvalue weighted by Crippen LogP contribution is -2.27. The Morgan fingerprint density at radius 3 is 3.09 bits per heavy atom. The molecule has 1 fully saturated rings. The maximum atomic E-state index is 12.3. The molecule has 4 nitrogen and oxygen atoms in total. The van der Waals surface area contributed by atoms with E-state index in [4.69, 9.17) is 21.7 Å². The SMILES string of the molecule is C=CCN1C(=O)C(=CC2=Cc3cccc(OC)c3OC2)SC1=S. The molecule has 0 saturated carbocycles. The Morgan fingerprint density at radius 2 is 2.35 bits per heavy atom. The third kappa shape index (κ3) is 3.04. The minimum atomic E-state index is -0.0859. The predicted octanol–water partition coefficient (Wildman–Crippen LogP) is 3.40.